The standard InChI is InChI=1S/C11H24OSi/c1-3-5-9-13(12,10-6-4-2)11-7-8-11/h11-12H,3-10H2,1-2H3. The first-order chi connectivity index (χ1) is 6.23. The van der Waals surface area contributed by atoms with E-state index >= 15 is 0 Å². The number of unbranched alkanes of at least 4 members (excludes halogenated alkanes) is 2. The summed E-state index contributed by atoms with van der Waals surface area (Å²) >= 11 is 0. The lowest BCUT2D eigenvalue weighted by molar-refractivity contribution is 0.510. The summed E-state index contributed by atoms with van der Waals surface area (Å²) in [5.41, 5.74) is 0.783. The van der Waals surface area contributed by atoms with E-state index in [0.29, 0.717) is 0 Å². The summed E-state index contributed by atoms with van der Waals surface area (Å²) < 4.78 is 0. The Hall–Kier alpha value is 0.177. The van der Waals surface area contributed by atoms with Crippen molar-refractivity contribution in [2.45, 2.75) is 70.0 Å². The summed E-state index contributed by atoms with van der Waals surface area (Å²) in [5, 5.41) is 0. The summed E-state index contributed by atoms with van der Waals surface area (Å²) in [4.78, 5) is 10.6. The molecule has 0 unspecified atom stereocenters. The summed E-state index contributed by atoms with van der Waals surface area (Å²) in [6, 6.07) is 2.35. The first kappa shape index (κ1) is 11.3. The minimum absolute atomic E-state index is 0.783. The van der Waals surface area contributed by atoms with Crippen molar-refractivity contribution in [3.8, 4) is 0 Å². The first-order valence-electron chi connectivity index (χ1n) is 5.95. The summed E-state index contributed by atoms with van der Waals surface area (Å²) in [6.07, 6.45) is 7.65. The molecular formula is C11H24OSi. The zero-order chi connectivity index (χ0) is 9.73. The van der Waals surface area contributed by atoms with E-state index in [9.17, 15) is 4.80 Å². The van der Waals surface area contributed by atoms with Crippen molar-refractivity contribution in [2.24, 2.45) is 0 Å². The van der Waals surface area contributed by atoms with Gasteiger partial charge in [0, 0.05) is 0 Å². The number of hydrogen-bond acceptors (Lipinski definition) is 1. The van der Waals surface area contributed by atoms with Crippen molar-refractivity contribution in [3.05, 3.63) is 0 Å². The third-order valence-electron chi connectivity index (χ3n) is 3.26. The molecule has 0 spiro atoms. The molecule has 1 aliphatic rings. The van der Waals surface area contributed by atoms with Gasteiger partial charge in [0.05, 0.1) is 0 Å². The fourth-order valence-electron chi connectivity index (χ4n) is 2.12. The molecular weight excluding hydrogens is 176 g/mol. The van der Waals surface area contributed by atoms with E-state index in [4.69, 9.17) is 0 Å². The van der Waals surface area contributed by atoms with Crippen LogP contribution in [0.1, 0.15) is 52.4 Å². The second-order valence-corrected chi connectivity index (χ2v) is 8.61. The molecule has 0 aliphatic heterocycles. The molecule has 2 heteroatoms. The molecule has 1 fully saturated rings. The van der Waals surface area contributed by atoms with Crippen molar-refractivity contribution in [2.75, 3.05) is 0 Å². The highest BCUT2D eigenvalue weighted by molar-refractivity contribution is 6.74. The van der Waals surface area contributed by atoms with Crippen molar-refractivity contribution in [3.63, 3.8) is 0 Å². The second-order valence-electron chi connectivity index (χ2n) is 4.58. The summed E-state index contributed by atoms with van der Waals surface area (Å²) in [5.74, 6) is 0. The molecule has 0 amide bonds. The van der Waals surface area contributed by atoms with Crippen LogP contribution in [-0.4, -0.2) is 13.1 Å². The van der Waals surface area contributed by atoms with Crippen molar-refractivity contribution >= 4 is 8.32 Å². The van der Waals surface area contributed by atoms with Crippen LogP contribution < -0.4 is 0 Å². The summed E-state index contributed by atoms with van der Waals surface area (Å²) in [7, 11) is -1.76. The molecule has 0 aromatic carbocycles. The van der Waals surface area contributed by atoms with Crippen LogP contribution in [0.5, 0.6) is 0 Å². The Morgan fingerprint density at radius 1 is 1.08 bits per heavy atom. The molecule has 1 N–H and O–H groups in total. The molecule has 0 aromatic rings. The van der Waals surface area contributed by atoms with E-state index in [1.165, 1.54) is 50.6 Å². The predicted octanol–water partition coefficient (Wildman–Crippen LogP) is 3.69. The Labute approximate surface area is 83.7 Å². The largest absolute Gasteiger partial charge is 0.431 e. The topological polar surface area (TPSA) is 20.2 Å². The Morgan fingerprint density at radius 2 is 1.54 bits per heavy atom. The zero-order valence-corrected chi connectivity index (χ0v) is 10.2. The molecule has 1 aliphatic carbocycles. The van der Waals surface area contributed by atoms with Crippen LogP contribution in [0.2, 0.25) is 17.6 Å². The van der Waals surface area contributed by atoms with Gasteiger partial charge in [-0.15, -0.1) is 0 Å². The summed E-state index contributed by atoms with van der Waals surface area (Å²) in [6.45, 7) is 4.45. The van der Waals surface area contributed by atoms with Gasteiger partial charge in [0.1, 0.15) is 0 Å². The lowest BCUT2D eigenvalue weighted by Gasteiger charge is -2.24. The van der Waals surface area contributed by atoms with Crippen LogP contribution in [0.15, 0.2) is 0 Å². The molecule has 78 valence electrons. The van der Waals surface area contributed by atoms with Crippen LogP contribution in [0.25, 0.3) is 0 Å². The Kier molecular flexibility index (Phi) is 4.46. The van der Waals surface area contributed by atoms with E-state index in [2.05, 4.69) is 13.8 Å². The highest BCUT2D eigenvalue weighted by Crippen LogP contribution is 2.48. The molecule has 1 nitrogen and oxygen atoms in total. The van der Waals surface area contributed by atoms with Gasteiger partial charge in [0.15, 0.2) is 8.32 Å². The molecule has 0 saturated heterocycles. The van der Waals surface area contributed by atoms with E-state index in [0.717, 1.165) is 5.54 Å². The van der Waals surface area contributed by atoms with Crippen LogP contribution in [0.4, 0.5) is 0 Å². The normalized spacial score (nSPS) is 17.8. The van der Waals surface area contributed by atoms with Gasteiger partial charge in [0.2, 0.25) is 0 Å². The van der Waals surface area contributed by atoms with Crippen LogP contribution in [-0.2, 0) is 0 Å². The highest BCUT2D eigenvalue weighted by atomic mass is 28.4. The lowest BCUT2D eigenvalue weighted by Crippen LogP contribution is -2.34. The second kappa shape index (κ2) is 5.16. The molecule has 0 atom stereocenters. The van der Waals surface area contributed by atoms with Gasteiger partial charge >= 0.3 is 0 Å². The third-order valence-corrected chi connectivity index (χ3v) is 7.80. The number of hydrogen-bond donors (Lipinski definition) is 1. The predicted molar refractivity (Wildman–Crippen MR) is 60.4 cm³/mol. The van der Waals surface area contributed by atoms with Gasteiger partial charge in [-0.3, -0.25) is 0 Å². The maximum atomic E-state index is 10.6. The van der Waals surface area contributed by atoms with Crippen LogP contribution in [0.3, 0.4) is 0 Å². The van der Waals surface area contributed by atoms with Crippen LogP contribution >= 0.6 is 0 Å². The Bertz CT molecular complexity index is 135. The van der Waals surface area contributed by atoms with Gasteiger partial charge in [-0.05, 0) is 17.6 Å². The lowest BCUT2D eigenvalue weighted by atomic mass is 10.4. The van der Waals surface area contributed by atoms with Gasteiger partial charge in [-0.25, -0.2) is 0 Å². The number of rotatable bonds is 7. The van der Waals surface area contributed by atoms with E-state index in [1.807, 2.05) is 0 Å². The Balaban J connectivity index is 2.32. The molecule has 0 bridgehead atoms. The minimum atomic E-state index is -1.76. The molecule has 0 radical (unpaired) electrons. The molecule has 1 saturated carbocycles. The molecule has 0 aromatic heterocycles. The third kappa shape index (κ3) is 3.43. The maximum Gasteiger partial charge on any atom is 0.191 e. The van der Waals surface area contributed by atoms with Crippen molar-refractivity contribution in [1.82, 2.24) is 0 Å². The fourth-order valence-corrected chi connectivity index (χ4v) is 6.36. The van der Waals surface area contributed by atoms with Gasteiger partial charge < -0.3 is 4.80 Å². The van der Waals surface area contributed by atoms with Gasteiger partial charge in [0.25, 0.3) is 0 Å². The average molecular weight is 200 g/mol. The van der Waals surface area contributed by atoms with E-state index < -0.39 is 8.32 Å². The molecule has 13 heavy (non-hydrogen) atoms. The van der Waals surface area contributed by atoms with Crippen molar-refractivity contribution < 1.29 is 4.80 Å². The van der Waals surface area contributed by atoms with E-state index in [-0.39, 0.29) is 0 Å². The first-order valence-corrected chi connectivity index (χ1v) is 8.39. The van der Waals surface area contributed by atoms with Crippen molar-refractivity contribution in [1.29, 1.82) is 0 Å². The Morgan fingerprint density at radius 3 is 1.85 bits per heavy atom. The van der Waals surface area contributed by atoms with Gasteiger partial charge in [-0.1, -0.05) is 52.4 Å². The monoisotopic (exact) mass is 200 g/mol. The van der Waals surface area contributed by atoms with Crippen LogP contribution in [0, 0.1) is 0 Å². The SMILES string of the molecule is CCCC[Si](O)(CCCC)C1CC1. The fraction of sp³-hybridized carbons (Fsp3) is 1.00. The minimum Gasteiger partial charge on any atom is -0.431 e. The maximum absolute atomic E-state index is 10.6. The highest BCUT2D eigenvalue weighted by Gasteiger charge is 2.45. The molecule has 1 rings (SSSR count). The zero-order valence-electron chi connectivity index (χ0n) is 9.18. The van der Waals surface area contributed by atoms with E-state index in [1.54, 1.807) is 0 Å². The molecule has 0 heterocycles. The quantitative estimate of drug-likeness (QED) is 0.621. The van der Waals surface area contributed by atoms with Gasteiger partial charge in [-0.2, -0.15) is 0 Å². The smallest absolute Gasteiger partial charge is 0.191 e. The average Bonchev–Trinajstić information content (AvgIpc) is 2.94.